The first-order chi connectivity index (χ1) is 12.2. The molecule has 0 amide bonds. The highest BCUT2D eigenvalue weighted by Crippen LogP contribution is 2.31. The SMILES string of the molecule is O=C(CN1CCN(c2nc3ccc(Cl)cc3s2)CC1)c1ccccc1. The maximum Gasteiger partial charge on any atom is 0.186 e. The maximum atomic E-state index is 12.3. The van der Waals surface area contributed by atoms with Crippen LogP contribution in [-0.4, -0.2) is 48.4 Å². The molecule has 0 saturated carbocycles. The third-order valence-corrected chi connectivity index (χ3v) is 5.76. The minimum atomic E-state index is 0.184. The van der Waals surface area contributed by atoms with Gasteiger partial charge in [0.25, 0.3) is 0 Å². The van der Waals surface area contributed by atoms with Crippen LogP contribution in [0.15, 0.2) is 48.5 Å². The van der Waals surface area contributed by atoms with Crippen LogP contribution in [0, 0.1) is 0 Å². The molecule has 3 aromatic rings. The number of carbonyl (C=O) groups is 1. The molecule has 2 heterocycles. The molecule has 0 spiro atoms. The molecular formula is C19H18ClN3OS. The molecule has 128 valence electrons. The van der Waals surface area contributed by atoms with Crippen LogP contribution < -0.4 is 4.90 Å². The van der Waals surface area contributed by atoms with Gasteiger partial charge >= 0.3 is 0 Å². The summed E-state index contributed by atoms with van der Waals surface area (Å²) in [6.07, 6.45) is 0. The lowest BCUT2D eigenvalue weighted by atomic mass is 10.1. The summed E-state index contributed by atoms with van der Waals surface area (Å²) in [6.45, 7) is 3.99. The first kappa shape index (κ1) is 16.5. The molecule has 0 aliphatic carbocycles. The van der Waals surface area contributed by atoms with E-state index in [1.807, 2.05) is 48.5 Å². The molecule has 25 heavy (non-hydrogen) atoms. The van der Waals surface area contributed by atoms with Crippen LogP contribution in [0.25, 0.3) is 10.2 Å². The Morgan fingerprint density at radius 3 is 2.60 bits per heavy atom. The van der Waals surface area contributed by atoms with Crippen molar-refractivity contribution >= 4 is 44.1 Å². The number of ketones is 1. The van der Waals surface area contributed by atoms with Gasteiger partial charge in [0.15, 0.2) is 10.9 Å². The Labute approximate surface area is 155 Å². The summed E-state index contributed by atoms with van der Waals surface area (Å²) in [6, 6.07) is 15.3. The van der Waals surface area contributed by atoms with Crippen LogP contribution in [0.4, 0.5) is 5.13 Å². The van der Waals surface area contributed by atoms with Crippen molar-refractivity contribution in [2.75, 3.05) is 37.6 Å². The number of hydrogen-bond acceptors (Lipinski definition) is 5. The van der Waals surface area contributed by atoms with Crippen molar-refractivity contribution in [2.45, 2.75) is 0 Å². The lowest BCUT2D eigenvalue weighted by Gasteiger charge is -2.34. The van der Waals surface area contributed by atoms with Crippen molar-refractivity contribution in [1.29, 1.82) is 0 Å². The summed E-state index contributed by atoms with van der Waals surface area (Å²) in [5.74, 6) is 0.184. The Hall–Kier alpha value is -1.95. The summed E-state index contributed by atoms with van der Waals surface area (Å²) in [5.41, 5.74) is 1.78. The van der Waals surface area contributed by atoms with Crippen molar-refractivity contribution in [3.05, 3.63) is 59.1 Å². The van der Waals surface area contributed by atoms with E-state index in [0.717, 1.165) is 52.1 Å². The van der Waals surface area contributed by atoms with E-state index in [1.165, 1.54) is 0 Å². The molecule has 1 aromatic heterocycles. The molecule has 4 rings (SSSR count). The molecule has 0 radical (unpaired) electrons. The number of carbonyl (C=O) groups excluding carboxylic acids is 1. The van der Waals surface area contributed by atoms with E-state index in [9.17, 15) is 4.79 Å². The van der Waals surface area contributed by atoms with Gasteiger partial charge in [-0.15, -0.1) is 0 Å². The normalized spacial score (nSPS) is 15.6. The number of rotatable bonds is 4. The predicted molar refractivity (Wildman–Crippen MR) is 104 cm³/mol. The van der Waals surface area contributed by atoms with Crippen molar-refractivity contribution in [3.63, 3.8) is 0 Å². The number of benzene rings is 2. The zero-order valence-electron chi connectivity index (χ0n) is 13.7. The van der Waals surface area contributed by atoms with E-state index in [2.05, 4.69) is 9.80 Å². The smallest absolute Gasteiger partial charge is 0.186 e. The standard InChI is InChI=1S/C19H18ClN3OS/c20-15-6-7-16-18(12-15)25-19(21-16)23-10-8-22(9-11-23)13-17(24)14-4-2-1-3-5-14/h1-7,12H,8-11,13H2. The highest BCUT2D eigenvalue weighted by atomic mass is 35.5. The molecule has 1 aliphatic heterocycles. The number of hydrogen-bond donors (Lipinski definition) is 0. The van der Waals surface area contributed by atoms with Gasteiger partial charge in [-0.1, -0.05) is 53.3 Å². The average molecular weight is 372 g/mol. The van der Waals surface area contributed by atoms with Crippen molar-refractivity contribution in [3.8, 4) is 0 Å². The minimum absolute atomic E-state index is 0.184. The topological polar surface area (TPSA) is 36.4 Å². The number of fused-ring (bicyclic) bond motifs is 1. The summed E-state index contributed by atoms with van der Waals surface area (Å²) in [5, 5.41) is 1.78. The molecule has 1 aliphatic rings. The van der Waals surface area contributed by atoms with Gasteiger partial charge in [0, 0.05) is 36.8 Å². The van der Waals surface area contributed by atoms with Crippen LogP contribution in [0.2, 0.25) is 5.02 Å². The predicted octanol–water partition coefficient (Wildman–Crippen LogP) is 3.95. The van der Waals surface area contributed by atoms with E-state index >= 15 is 0 Å². The van der Waals surface area contributed by atoms with Gasteiger partial charge in [-0.2, -0.15) is 0 Å². The van der Waals surface area contributed by atoms with Crippen molar-refractivity contribution in [2.24, 2.45) is 0 Å². The van der Waals surface area contributed by atoms with Gasteiger partial charge in [-0.3, -0.25) is 9.69 Å². The molecule has 0 atom stereocenters. The molecule has 0 unspecified atom stereocenters. The van der Waals surface area contributed by atoms with E-state index in [0.29, 0.717) is 6.54 Å². The Kier molecular flexibility index (Phi) is 4.70. The van der Waals surface area contributed by atoms with E-state index in [1.54, 1.807) is 11.3 Å². The molecule has 2 aromatic carbocycles. The summed E-state index contributed by atoms with van der Waals surface area (Å²) < 4.78 is 1.11. The quantitative estimate of drug-likeness (QED) is 0.650. The van der Waals surface area contributed by atoms with Crippen LogP contribution in [-0.2, 0) is 0 Å². The highest BCUT2D eigenvalue weighted by Gasteiger charge is 2.21. The zero-order valence-corrected chi connectivity index (χ0v) is 15.3. The minimum Gasteiger partial charge on any atom is -0.345 e. The number of thiazole rings is 1. The number of nitrogens with zero attached hydrogens (tertiary/aromatic N) is 3. The Morgan fingerprint density at radius 2 is 1.84 bits per heavy atom. The van der Waals surface area contributed by atoms with Gasteiger partial charge in [0.1, 0.15) is 0 Å². The highest BCUT2D eigenvalue weighted by molar-refractivity contribution is 7.22. The number of Topliss-reactive ketones (excluding diaryl/α,β-unsaturated/α-hetero) is 1. The Balaban J connectivity index is 1.38. The summed E-state index contributed by atoms with van der Waals surface area (Å²) in [4.78, 5) is 21.6. The van der Waals surface area contributed by atoms with Crippen molar-refractivity contribution in [1.82, 2.24) is 9.88 Å². The van der Waals surface area contributed by atoms with Crippen molar-refractivity contribution < 1.29 is 4.79 Å². The Bertz CT molecular complexity index is 888. The zero-order chi connectivity index (χ0) is 17.2. The summed E-state index contributed by atoms with van der Waals surface area (Å²) >= 11 is 7.73. The van der Waals surface area contributed by atoms with E-state index in [-0.39, 0.29) is 5.78 Å². The fourth-order valence-electron chi connectivity index (χ4n) is 3.04. The first-order valence-electron chi connectivity index (χ1n) is 8.31. The van der Waals surface area contributed by atoms with Crippen LogP contribution in [0.1, 0.15) is 10.4 Å². The largest absolute Gasteiger partial charge is 0.345 e. The van der Waals surface area contributed by atoms with Gasteiger partial charge in [-0.25, -0.2) is 4.98 Å². The first-order valence-corrected chi connectivity index (χ1v) is 9.50. The Morgan fingerprint density at radius 1 is 1.08 bits per heavy atom. The number of anilines is 1. The third kappa shape index (κ3) is 3.68. The molecule has 6 heteroatoms. The van der Waals surface area contributed by atoms with Crippen LogP contribution >= 0.6 is 22.9 Å². The number of piperazine rings is 1. The summed E-state index contributed by atoms with van der Waals surface area (Å²) in [7, 11) is 0. The second kappa shape index (κ2) is 7.12. The van der Waals surface area contributed by atoms with Crippen LogP contribution in [0.5, 0.6) is 0 Å². The number of halogens is 1. The van der Waals surface area contributed by atoms with Gasteiger partial charge in [0.05, 0.1) is 16.8 Å². The maximum absolute atomic E-state index is 12.3. The van der Waals surface area contributed by atoms with Gasteiger partial charge in [0.2, 0.25) is 0 Å². The van der Waals surface area contributed by atoms with Crippen LogP contribution in [0.3, 0.4) is 0 Å². The van der Waals surface area contributed by atoms with Gasteiger partial charge in [-0.05, 0) is 18.2 Å². The second-order valence-corrected chi connectivity index (χ2v) is 7.61. The molecule has 0 N–H and O–H groups in total. The lowest BCUT2D eigenvalue weighted by Crippen LogP contribution is -2.48. The average Bonchev–Trinajstić information content (AvgIpc) is 3.06. The molecule has 1 saturated heterocycles. The monoisotopic (exact) mass is 371 g/mol. The molecule has 1 fully saturated rings. The van der Waals surface area contributed by atoms with E-state index < -0.39 is 0 Å². The van der Waals surface area contributed by atoms with E-state index in [4.69, 9.17) is 16.6 Å². The lowest BCUT2D eigenvalue weighted by molar-refractivity contribution is 0.0926. The second-order valence-electron chi connectivity index (χ2n) is 6.16. The fraction of sp³-hybridized carbons (Fsp3) is 0.263. The third-order valence-electron chi connectivity index (χ3n) is 4.44. The molecule has 0 bridgehead atoms. The molecular weight excluding hydrogens is 354 g/mol. The van der Waals surface area contributed by atoms with Gasteiger partial charge < -0.3 is 4.90 Å². The molecule has 4 nitrogen and oxygen atoms in total. The number of aromatic nitrogens is 1. The fourth-order valence-corrected chi connectivity index (χ4v) is 4.33.